The van der Waals surface area contributed by atoms with Gasteiger partial charge in [0.15, 0.2) is 0 Å². The quantitative estimate of drug-likeness (QED) is 0.596. The Kier molecular flexibility index (Phi) is 6.05. The van der Waals surface area contributed by atoms with Gasteiger partial charge in [0.25, 0.3) is 15.9 Å². The molecule has 1 amide bonds. The van der Waals surface area contributed by atoms with Crippen LogP contribution in [-0.2, 0) is 10.0 Å². The first-order valence-electron chi connectivity index (χ1n) is 8.32. The summed E-state index contributed by atoms with van der Waals surface area (Å²) >= 11 is 5.84. The van der Waals surface area contributed by atoms with Crippen molar-refractivity contribution in [3.05, 3.63) is 83.1 Å². The van der Waals surface area contributed by atoms with Crippen LogP contribution in [0, 0.1) is 5.82 Å². The molecule has 0 saturated carbocycles. The van der Waals surface area contributed by atoms with Crippen molar-refractivity contribution in [2.75, 3.05) is 17.1 Å². The van der Waals surface area contributed by atoms with Gasteiger partial charge in [-0.15, -0.1) is 0 Å². The molecule has 0 saturated heterocycles. The number of methoxy groups -OCH3 is 1. The number of hydrogen-bond acceptors (Lipinski definition) is 4. The maximum Gasteiger partial charge on any atom is 0.262 e. The third-order valence-corrected chi connectivity index (χ3v) is 5.52. The first-order valence-corrected chi connectivity index (χ1v) is 10.2. The molecule has 150 valence electrons. The van der Waals surface area contributed by atoms with E-state index in [9.17, 15) is 17.6 Å². The standard InChI is InChI=1S/C20H16ClFN2O4S/c1-28-16-7-3-6-15(11-16)24-29(26,27)17-8-9-19(18(22)12-17)23-20(25)13-4-2-5-14(21)10-13/h2-12,24H,1H3,(H,23,25). The van der Waals surface area contributed by atoms with E-state index in [4.69, 9.17) is 16.3 Å². The minimum absolute atomic E-state index is 0.157. The van der Waals surface area contributed by atoms with Crippen LogP contribution in [0.4, 0.5) is 15.8 Å². The predicted octanol–water partition coefficient (Wildman–Crippen LogP) is 4.54. The van der Waals surface area contributed by atoms with Crippen LogP contribution in [0.15, 0.2) is 71.6 Å². The van der Waals surface area contributed by atoms with Gasteiger partial charge in [-0.1, -0.05) is 23.7 Å². The summed E-state index contributed by atoms with van der Waals surface area (Å²) in [4.78, 5) is 11.9. The second-order valence-electron chi connectivity index (χ2n) is 5.94. The number of nitrogens with one attached hydrogen (secondary N) is 2. The second kappa shape index (κ2) is 8.50. The van der Waals surface area contributed by atoms with Crippen LogP contribution in [0.25, 0.3) is 0 Å². The summed E-state index contributed by atoms with van der Waals surface area (Å²) in [6.45, 7) is 0. The fourth-order valence-corrected chi connectivity index (χ4v) is 3.74. The normalized spacial score (nSPS) is 11.0. The van der Waals surface area contributed by atoms with Gasteiger partial charge in [0.05, 0.1) is 23.4 Å². The molecule has 0 unspecified atom stereocenters. The number of sulfonamides is 1. The molecule has 0 spiro atoms. The minimum atomic E-state index is -4.04. The van der Waals surface area contributed by atoms with E-state index in [0.29, 0.717) is 10.8 Å². The van der Waals surface area contributed by atoms with Gasteiger partial charge >= 0.3 is 0 Å². The lowest BCUT2D eigenvalue weighted by molar-refractivity contribution is 0.102. The number of rotatable bonds is 6. The smallest absolute Gasteiger partial charge is 0.262 e. The molecule has 0 aliphatic carbocycles. The molecule has 0 aliphatic heterocycles. The largest absolute Gasteiger partial charge is 0.497 e. The topological polar surface area (TPSA) is 84.5 Å². The molecule has 3 rings (SSSR count). The molecule has 0 aromatic heterocycles. The Balaban J connectivity index is 1.80. The van der Waals surface area contributed by atoms with Crippen molar-refractivity contribution < 1.29 is 22.3 Å². The van der Waals surface area contributed by atoms with Crippen molar-refractivity contribution in [3.8, 4) is 5.75 Å². The zero-order valence-corrected chi connectivity index (χ0v) is 16.7. The molecule has 29 heavy (non-hydrogen) atoms. The number of carbonyl (C=O) groups excluding carboxylic acids is 1. The number of benzene rings is 3. The van der Waals surface area contributed by atoms with Gasteiger partial charge in [-0.2, -0.15) is 0 Å². The van der Waals surface area contributed by atoms with Crippen molar-refractivity contribution in [1.82, 2.24) is 0 Å². The molecule has 0 radical (unpaired) electrons. The summed E-state index contributed by atoms with van der Waals surface area (Å²) in [5.41, 5.74) is 0.353. The van der Waals surface area contributed by atoms with E-state index in [0.717, 1.165) is 6.07 Å². The van der Waals surface area contributed by atoms with Crippen molar-refractivity contribution in [3.63, 3.8) is 0 Å². The van der Waals surface area contributed by atoms with E-state index in [1.165, 1.54) is 43.5 Å². The third kappa shape index (κ3) is 5.04. The first kappa shape index (κ1) is 20.6. The average molecular weight is 435 g/mol. The molecular weight excluding hydrogens is 419 g/mol. The van der Waals surface area contributed by atoms with Gasteiger partial charge in [0.1, 0.15) is 11.6 Å². The molecule has 0 fully saturated rings. The Bertz CT molecular complexity index is 1170. The Hall–Kier alpha value is -3.10. The molecule has 9 heteroatoms. The van der Waals surface area contributed by atoms with Crippen LogP contribution in [0.5, 0.6) is 5.75 Å². The lowest BCUT2D eigenvalue weighted by Gasteiger charge is -2.11. The fraction of sp³-hybridized carbons (Fsp3) is 0.0500. The SMILES string of the molecule is COc1cccc(NS(=O)(=O)c2ccc(NC(=O)c3cccc(Cl)c3)c(F)c2)c1. The van der Waals surface area contributed by atoms with Crippen molar-refractivity contribution >= 4 is 38.9 Å². The highest BCUT2D eigenvalue weighted by Crippen LogP contribution is 2.24. The van der Waals surface area contributed by atoms with Gasteiger partial charge < -0.3 is 10.1 Å². The van der Waals surface area contributed by atoms with Crippen LogP contribution in [0.1, 0.15) is 10.4 Å². The average Bonchev–Trinajstić information content (AvgIpc) is 2.69. The molecule has 3 aromatic carbocycles. The second-order valence-corrected chi connectivity index (χ2v) is 8.06. The van der Waals surface area contributed by atoms with E-state index in [-0.39, 0.29) is 21.8 Å². The van der Waals surface area contributed by atoms with E-state index in [1.54, 1.807) is 24.3 Å². The van der Waals surface area contributed by atoms with Gasteiger partial charge in [0, 0.05) is 16.7 Å². The Labute approximate surface area is 172 Å². The van der Waals surface area contributed by atoms with Gasteiger partial charge in [-0.25, -0.2) is 12.8 Å². The number of anilines is 2. The molecule has 0 bridgehead atoms. The highest BCUT2D eigenvalue weighted by Gasteiger charge is 2.18. The number of hydrogen-bond donors (Lipinski definition) is 2. The monoisotopic (exact) mass is 434 g/mol. The molecule has 0 aliphatic rings. The van der Waals surface area contributed by atoms with Crippen molar-refractivity contribution in [1.29, 1.82) is 0 Å². The maximum absolute atomic E-state index is 14.4. The predicted molar refractivity (Wildman–Crippen MR) is 110 cm³/mol. The van der Waals surface area contributed by atoms with Crippen LogP contribution in [0.3, 0.4) is 0 Å². The summed E-state index contributed by atoms with van der Waals surface area (Å²) in [5, 5.41) is 2.76. The van der Waals surface area contributed by atoms with Crippen molar-refractivity contribution in [2.24, 2.45) is 0 Å². The number of amides is 1. The maximum atomic E-state index is 14.4. The third-order valence-electron chi connectivity index (χ3n) is 3.91. The molecule has 2 N–H and O–H groups in total. The van der Waals surface area contributed by atoms with E-state index in [1.807, 2.05) is 0 Å². The van der Waals surface area contributed by atoms with Crippen molar-refractivity contribution in [2.45, 2.75) is 4.90 Å². The summed E-state index contributed by atoms with van der Waals surface area (Å²) in [5.74, 6) is -0.999. The molecule has 0 atom stereocenters. The summed E-state index contributed by atoms with van der Waals surface area (Å²) in [6.07, 6.45) is 0. The highest BCUT2D eigenvalue weighted by molar-refractivity contribution is 7.92. The zero-order valence-electron chi connectivity index (χ0n) is 15.1. The Morgan fingerprint density at radius 2 is 1.79 bits per heavy atom. The lowest BCUT2D eigenvalue weighted by atomic mass is 10.2. The van der Waals surface area contributed by atoms with Gasteiger partial charge in [-0.3, -0.25) is 9.52 Å². The lowest BCUT2D eigenvalue weighted by Crippen LogP contribution is -2.15. The fourth-order valence-electron chi connectivity index (χ4n) is 2.49. The van der Waals surface area contributed by atoms with Crippen LogP contribution in [0.2, 0.25) is 5.02 Å². The molecule has 0 heterocycles. The van der Waals surface area contributed by atoms with Gasteiger partial charge in [0.2, 0.25) is 0 Å². The molecule has 6 nitrogen and oxygen atoms in total. The van der Waals surface area contributed by atoms with E-state index < -0.39 is 21.7 Å². The van der Waals surface area contributed by atoms with E-state index in [2.05, 4.69) is 10.0 Å². The molecular formula is C20H16ClFN2O4S. The van der Waals surface area contributed by atoms with Crippen LogP contribution < -0.4 is 14.8 Å². The number of halogens is 2. The summed E-state index contributed by atoms with van der Waals surface area (Å²) in [6, 6.07) is 15.7. The Morgan fingerprint density at radius 3 is 2.48 bits per heavy atom. The highest BCUT2D eigenvalue weighted by atomic mass is 35.5. The van der Waals surface area contributed by atoms with Gasteiger partial charge in [-0.05, 0) is 48.5 Å². The minimum Gasteiger partial charge on any atom is -0.497 e. The number of carbonyl (C=O) groups is 1. The summed E-state index contributed by atoms with van der Waals surface area (Å²) in [7, 11) is -2.58. The molecule has 3 aromatic rings. The van der Waals surface area contributed by atoms with E-state index >= 15 is 0 Å². The van der Waals surface area contributed by atoms with Crippen LogP contribution in [-0.4, -0.2) is 21.4 Å². The number of ether oxygens (including phenoxy) is 1. The first-order chi connectivity index (χ1) is 13.8. The zero-order chi connectivity index (χ0) is 21.0. The summed E-state index contributed by atoms with van der Waals surface area (Å²) < 4.78 is 46.9. The van der Waals surface area contributed by atoms with Crippen LogP contribution >= 0.6 is 11.6 Å². The Morgan fingerprint density at radius 1 is 1.03 bits per heavy atom.